The second kappa shape index (κ2) is 7.84. The molecule has 1 aliphatic carbocycles. The number of halogens is 1. The third kappa shape index (κ3) is 4.26. The number of allylic oxidation sites excluding steroid dienone is 2. The van der Waals surface area contributed by atoms with Gasteiger partial charge in [0.15, 0.2) is 0 Å². The highest BCUT2D eigenvalue weighted by atomic mass is 35.5. The van der Waals surface area contributed by atoms with Crippen molar-refractivity contribution in [2.45, 2.75) is 44.9 Å². The molecule has 0 saturated heterocycles. The van der Waals surface area contributed by atoms with Gasteiger partial charge in [-0.2, -0.15) is 0 Å². The lowest BCUT2D eigenvalue weighted by atomic mass is 9.77. The van der Waals surface area contributed by atoms with E-state index in [1.165, 1.54) is 48.8 Å². The summed E-state index contributed by atoms with van der Waals surface area (Å²) in [5.74, 6) is 1.65. The Morgan fingerprint density at radius 2 is 1.43 bits per heavy atom. The molecule has 0 unspecified atom stereocenters. The normalized spacial score (nSPS) is 21.7. The summed E-state index contributed by atoms with van der Waals surface area (Å²) in [5.41, 5.74) is 4.01. The van der Waals surface area contributed by atoms with E-state index in [-0.39, 0.29) is 0 Å². The molecule has 1 aliphatic rings. The van der Waals surface area contributed by atoms with E-state index in [2.05, 4.69) is 55.5 Å². The van der Waals surface area contributed by atoms with E-state index < -0.39 is 0 Å². The zero-order valence-corrected chi connectivity index (χ0v) is 14.6. The first-order valence-electron chi connectivity index (χ1n) is 8.73. The number of rotatable bonds is 4. The van der Waals surface area contributed by atoms with E-state index in [1.807, 2.05) is 12.1 Å². The summed E-state index contributed by atoms with van der Waals surface area (Å²) in [5, 5.41) is 0.792. The Balaban J connectivity index is 1.63. The highest BCUT2D eigenvalue weighted by molar-refractivity contribution is 6.30. The maximum absolute atomic E-state index is 5.97. The van der Waals surface area contributed by atoms with Crippen molar-refractivity contribution in [3.63, 3.8) is 0 Å². The fourth-order valence-corrected chi connectivity index (χ4v) is 3.78. The minimum atomic E-state index is 0.746. The average molecular weight is 325 g/mol. The Morgan fingerprint density at radius 3 is 2.00 bits per heavy atom. The quantitative estimate of drug-likeness (QED) is 0.519. The van der Waals surface area contributed by atoms with Crippen LogP contribution in [0.25, 0.3) is 11.1 Å². The van der Waals surface area contributed by atoms with Gasteiger partial charge in [0.05, 0.1) is 0 Å². The fraction of sp³-hybridized carbons (Fsp3) is 0.364. The van der Waals surface area contributed by atoms with Crippen molar-refractivity contribution in [2.75, 3.05) is 0 Å². The minimum Gasteiger partial charge on any atom is -0.0917 e. The average Bonchev–Trinajstić information content (AvgIpc) is 2.61. The van der Waals surface area contributed by atoms with Crippen LogP contribution >= 0.6 is 11.6 Å². The van der Waals surface area contributed by atoms with Crippen LogP contribution in [-0.4, -0.2) is 0 Å². The summed E-state index contributed by atoms with van der Waals surface area (Å²) in [4.78, 5) is 0. The lowest BCUT2D eigenvalue weighted by molar-refractivity contribution is 0.328. The molecule has 0 radical (unpaired) electrons. The van der Waals surface area contributed by atoms with Gasteiger partial charge in [-0.25, -0.2) is 0 Å². The second-order valence-electron chi connectivity index (χ2n) is 6.65. The smallest absolute Gasteiger partial charge is 0.0406 e. The lowest BCUT2D eigenvalue weighted by Crippen LogP contribution is -2.12. The van der Waals surface area contributed by atoms with Gasteiger partial charge in [-0.05, 0) is 79.7 Å². The molecule has 0 aromatic heterocycles. The maximum Gasteiger partial charge on any atom is 0.0406 e. The van der Waals surface area contributed by atoms with E-state index in [9.17, 15) is 0 Å². The van der Waals surface area contributed by atoms with Gasteiger partial charge in [0.1, 0.15) is 0 Å². The summed E-state index contributed by atoms with van der Waals surface area (Å²) in [6, 6.07) is 17.2. The molecule has 0 nitrogen and oxygen atoms in total. The van der Waals surface area contributed by atoms with Gasteiger partial charge in [0.25, 0.3) is 0 Å². The molecule has 0 N–H and O–H groups in total. The summed E-state index contributed by atoms with van der Waals surface area (Å²) >= 11 is 5.97. The molecular formula is C22H25Cl. The Morgan fingerprint density at radius 1 is 0.870 bits per heavy atom. The molecule has 0 atom stereocenters. The first-order valence-corrected chi connectivity index (χ1v) is 9.11. The zero-order valence-electron chi connectivity index (χ0n) is 13.8. The fourth-order valence-electron chi connectivity index (χ4n) is 3.65. The van der Waals surface area contributed by atoms with Gasteiger partial charge in [-0.3, -0.25) is 0 Å². The maximum atomic E-state index is 5.97. The third-order valence-corrected chi connectivity index (χ3v) is 5.36. The van der Waals surface area contributed by atoms with Crippen LogP contribution in [0.15, 0.2) is 60.7 Å². The molecular weight excluding hydrogens is 300 g/mol. The number of benzene rings is 2. The minimum absolute atomic E-state index is 0.746. The Labute approximate surface area is 145 Å². The topological polar surface area (TPSA) is 0 Å². The van der Waals surface area contributed by atoms with Crippen LogP contribution in [0.3, 0.4) is 0 Å². The Bertz CT molecular complexity index is 629. The zero-order chi connectivity index (χ0) is 16.1. The number of hydrogen-bond acceptors (Lipinski definition) is 0. The summed E-state index contributed by atoms with van der Waals surface area (Å²) in [6.07, 6.45) is 11.2. The van der Waals surface area contributed by atoms with Crippen LogP contribution < -0.4 is 0 Å². The van der Waals surface area contributed by atoms with Crippen molar-refractivity contribution >= 4 is 11.6 Å². The Kier molecular flexibility index (Phi) is 5.56. The Hall–Kier alpha value is -1.53. The lowest BCUT2D eigenvalue weighted by Gasteiger charge is -2.28. The van der Waals surface area contributed by atoms with Gasteiger partial charge in [-0.1, -0.05) is 60.2 Å². The molecule has 1 heteroatoms. The van der Waals surface area contributed by atoms with Crippen LogP contribution in [0.5, 0.6) is 0 Å². The summed E-state index contributed by atoms with van der Waals surface area (Å²) < 4.78 is 0. The van der Waals surface area contributed by atoms with Crippen molar-refractivity contribution in [2.24, 2.45) is 5.92 Å². The first-order chi connectivity index (χ1) is 11.3. The van der Waals surface area contributed by atoms with E-state index >= 15 is 0 Å². The van der Waals surface area contributed by atoms with Gasteiger partial charge >= 0.3 is 0 Å². The highest BCUT2D eigenvalue weighted by Gasteiger charge is 2.21. The molecule has 0 amide bonds. The molecule has 0 bridgehead atoms. The molecule has 1 saturated carbocycles. The standard InChI is InChI=1S/C22H25Cl/c1-2-3-4-17-5-7-18(8-6-17)19-9-11-20(12-10-19)21-13-15-22(23)16-14-21/h2-3,9-18H,4-8H2,1H3/b3-2+. The number of hydrogen-bond donors (Lipinski definition) is 0. The predicted molar refractivity (Wildman–Crippen MR) is 101 cm³/mol. The van der Waals surface area contributed by atoms with Crippen molar-refractivity contribution in [3.05, 3.63) is 71.3 Å². The van der Waals surface area contributed by atoms with Crippen LogP contribution in [-0.2, 0) is 0 Å². The molecule has 2 aromatic rings. The predicted octanol–water partition coefficient (Wildman–Crippen LogP) is 7.25. The monoisotopic (exact) mass is 324 g/mol. The van der Waals surface area contributed by atoms with Crippen molar-refractivity contribution in [1.29, 1.82) is 0 Å². The van der Waals surface area contributed by atoms with Crippen LogP contribution in [0, 0.1) is 5.92 Å². The molecule has 3 rings (SSSR count). The highest BCUT2D eigenvalue weighted by Crippen LogP contribution is 2.37. The summed E-state index contributed by atoms with van der Waals surface area (Å²) in [7, 11) is 0. The molecule has 120 valence electrons. The molecule has 23 heavy (non-hydrogen) atoms. The summed E-state index contributed by atoms with van der Waals surface area (Å²) in [6.45, 7) is 2.12. The van der Waals surface area contributed by atoms with Gasteiger partial charge in [0.2, 0.25) is 0 Å². The van der Waals surface area contributed by atoms with Crippen molar-refractivity contribution in [3.8, 4) is 11.1 Å². The van der Waals surface area contributed by atoms with Gasteiger partial charge in [0, 0.05) is 5.02 Å². The molecule has 2 aromatic carbocycles. The van der Waals surface area contributed by atoms with E-state index in [4.69, 9.17) is 11.6 Å². The molecule has 1 fully saturated rings. The molecule has 0 aliphatic heterocycles. The second-order valence-corrected chi connectivity index (χ2v) is 7.09. The van der Waals surface area contributed by atoms with Crippen molar-refractivity contribution in [1.82, 2.24) is 0 Å². The molecule has 0 spiro atoms. The van der Waals surface area contributed by atoms with E-state index in [0.717, 1.165) is 16.9 Å². The van der Waals surface area contributed by atoms with Crippen molar-refractivity contribution < 1.29 is 0 Å². The third-order valence-electron chi connectivity index (χ3n) is 5.11. The van der Waals surface area contributed by atoms with E-state index in [0.29, 0.717) is 0 Å². The van der Waals surface area contributed by atoms with Gasteiger partial charge < -0.3 is 0 Å². The van der Waals surface area contributed by atoms with Crippen LogP contribution in [0.4, 0.5) is 0 Å². The molecule has 0 heterocycles. The van der Waals surface area contributed by atoms with Crippen LogP contribution in [0.1, 0.15) is 50.5 Å². The largest absolute Gasteiger partial charge is 0.0917 e. The van der Waals surface area contributed by atoms with E-state index in [1.54, 1.807) is 0 Å². The first kappa shape index (κ1) is 16.3. The van der Waals surface area contributed by atoms with Crippen LogP contribution in [0.2, 0.25) is 5.02 Å². The SMILES string of the molecule is C/C=C/CC1CCC(c2ccc(-c3ccc(Cl)cc3)cc2)CC1. The van der Waals surface area contributed by atoms with Gasteiger partial charge in [-0.15, -0.1) is 0 Å².